The Labute approximate surface area is 119 Å². The standard InChI is InChI=1S/C13H20N4O3/c1-2-20-13(19)5-8-16-11-12(18)17(9-3-6-14)10-4-7-15/h16H,2-5,8-11H2,1H3. The van der Waals surface area contributed by atoms with E-state index in [0.717, 1.165) is 0 Å². The molecule has 110 valence electrons. The molecule has 0 aromatic carbocycles. The van der Waals surface area contributed by atoms with Gasteiger partial charge in [-0.3, -0.25) is 9.59 Å². The molecule has 0 aromatic rings. The number of rotatable bonds is 10. The molecule has 0 aliphatic carbocycles. The molecule has 0 unspecified atom stereocenters. The highest BCUT2D eigenvalue weighted by molar-refractivity contribution is 5.78. The summed E-state index contributed by atoms with van der Waals surface area (Å²) in [4.78, 5) is 24.4. The van der Waals surface area contributed by atoms with E-state index in [1.54, 1.807) is 6.92 Å². The van der Waals surface area contributed by atoms with Crippen LogP contribution < -0.4 is 5.32 Å². The monoisotopic (exact) mass is 280 g/mol. The second-order valence-corrected chi connectivity index (χ2v) is 3.93. The number of nitrogens with zero attached hydrogens (tertiary/aromatic N) is 3. The Hall–Kier alpha value is -2.12. The van der Waals surface area contributed by atoms with Crippen molar-refractivity contribution in [2.24, 2.45) is 0 Å². The van der Waals surface area contributed by atoms with Crippen molar-refractivity contribution in [1.29, 1.82) is 10.5 Å². The molecule has 0 saturated heterocycles. The third kappa shape index (κ3) is 8.90. The van der Waals surface area contributed by atoms with Crippen LogP contribution in [0.4, 0.5) is 0 Å². The molecule has 0 spiro atoms. The van der Waals surface area contributed by atoms with Crippen molar-refractivity contribution in [1.82, 2.24) is 10.2 Å². The molecule has 0 aliphatic heterocycles. The number of esters is 1. The zero-order valence-electron chi connectivity index (χ0n) is 11.7. The molecule has 0 aromatic heterocycles. The molecule has 0 fully saturated rings. The Kier molecular flexibility index (Phi) is 10.7. The molecule has 0 rings (SSSR count). The predicted molar refractivity (Wildman–Crippen MR) is 71.2 cm³/mol. The molecule has 0 bridgehead atoms. The van der Waals surface area contributed by atoms with Gasteiger partial charge in [0, 0.05) is 19.6 Å². The normalized spacial score (nSPS) is 9.35. The number of hydrogen-bond donors (Lipinski definition) is 1. The predicted octanol–water partition coefficient (Wildman–Crippen LogP) is 0.185. The Balaban J connectivity index is 3.97. The number of hydrogen-bond acceptors (Lipinski definition) is 6. The lowest BCUT2D eigenvalue weighted by Gasteiger charge is -2.20. The molecule has 1 amide bonds. The summed E-state index contributed by atoms with van der Waals surface area (Å²) in [5.41, 5.74) is 0. The Morgan fingerprint density at radius 2 is 1.80 bits per heavy atom. The second kappa shape index (κ2) is 11.9. The van der Waals surface area contributed by atoms with Crippen LogP contribution in [-0.4, -0.2) is 49.6 Å². The molecule has 0 radical (unpaired) electrons. The van der Waals surface area contributed by atoms with Crippen molar-refractivity contribution in [2.45, 2.75) is 26.2 Å². The van der Waals surface area contributed by atoms with Gasteiger partial charge in [0.05, 0.1) is 44.6 Å². The molecular weight excluding hydrogens is 260 g/mol. The third-order valence-corrected chi connectivity index (χ3v) is 2.43. The molecule has 0 heterocycles. The minimum atomic E-state index is -0.307. The summed E-state index contributed by atoms with van der Waals surface area (Å²) >= 11 is 0. The lowest BCUT2D eigenvalue weighted by Crippen LogP contribution is -2.39. The van der Waals surface area contributed by atoms with E-state index in [2.05, 4.69) is 5.32 Å². The van der Waals surface area contributed by atoms with Gasteiger partial charge in [0.1, 0.15) is 0 Å². The van der Waals surface area contributed by atoms with Crippen LogP contribution in [0.25, 0.3) is 0 Å². The van der Waals surface area contributed by atoms with E-state index in [9.17, 15) is 9.59 Å². The van der Waals surface area contributed by atoms with Gasteiger partial charge < -0.3 is 15.0 Å². The molecule has 7 nitrogen and oxygen atoms in total. The van der Waals surface area contributed by atoms with Crippen LogP contribution >= 0.6 is 0 Å². The maximum Gasteiger partial charge on any atom is 0.307 e. The van der Waals surface area contributed by atoms with Gasteiger partial charge in [-0.1, -0.05) is 0 Å². The summed E-state index contributed by atoms with van der Waals surface area (Å²) < 4.78 is 4.76. The van der Waals surface area contributed by atoms with E-state index in [0.29, 0.717) is 26.2 Å². The number of carbonyl (C=O) groups excluding carboxylic acids is 2. The molecule has 20 heavy (non-hydrogen) atoms. The number of nitrogens with one attached hydrogen (secondary N) is 1. The summed E-state index contributed by atoms with van der Waals surface area (Å²) in [5.74, 6) is -0.488. The number of carbonyl (C=O) groups is 2. The molecule has 7 heteroatoms. The lowest BCUT2D eigenvalue weighted by atomic mass is 10.3. The fraction of sp³-hybridized carbons (Fsp3) is 0.692. The van der Waals surface area contributed by atoms with Gasteiger partial charge in [-0.2, -0.15) is 10.5 Å². The summed E-state index contributed by atoms with van der Waals surface area (Å²) in [6.07, 6.45) is 0.678. The largest absolute Gasteiger partial charge is 0.466 e. The molecule has 0 atom stereocenters. The van der Waals surface area contributed by atoms with Crippen LogP contribution in [0.1, 0.15) is 26.2 Å². The molecular formula is C13H20N4O3. The first-order chi connectivity index (χ1) is 9.65. The average Bonchev–Trinajstić information content (AvgIpc) is 2.44. The van der Waals surface area contributed by atoms with E-state index in [4.69, 9.17) is 15.3 Å². The summed E-state index contributed by atoms with van der Waals surface area (Å²) in [6, 6.07) is 3.93. The number of nitriles is 2. The molecule has 0 aliphatic rings. The van der Waals surface area contributed by atoms with Crippen molar-refractivity contribution in [2.75, 3.05) is 32.8 Å². The fourth-order valence-corrected chi connectivity index (χ4v) is 1.46. The van der Waals surface area contributed by atoms with Crippen LogP contribution in [0.2, 0.25) is 0 Å². The maximum absolute atomic E-state index is 11.9. The smallest absolute Gasteiger partial charge is 0.307 e. The highest BCUT2D eigenvalue weighted by atomic mass is 16.5. The lowest BCUT2D eigenvalue weighted by molar-refractivity contribution is -0.143. The van der Waals surface area contributed by atoms with E-state index in [1.165, 1.54) is 4.90 Å². The SMILES string of the molecule is CCOC(=O)CCNCC(=O)N(CCC#N)CCC#N. The van der Waals surface area contributed by atoms with Crippen molar-refractivity contribution in [3.05, 3.63) is 0 Å². The maximum atomic E-state index is 11.9. The molecule has 1 N–H and O–H groups in total. The van der Waals surface area contributed by atoms with Crippen LogP contribution in [0.3, 0.4) is 0 Å². The third-order valence-electron chi connectivity index (χ3n) is 2.43. The minimum absolute atomic E-state index is 0.0796. The van der Waals surface area contributed by atoms with Gasteiger partial charge in [0.25, 0.3) is 0 Å². The van der Waals surface area contributed by atoms with Crippen molar-refractivity contribution in [3.63, 3.8) is 0 Å². The van der Waals surface area contributed by atoms with E-state index in [1.807, 2.05) is 12.1 Å². The summed E-state index contributed by atoms with van der Waals surface area (Å²) in [5, 5.41) is 19.9. The van der Waals surface area contributed by atoms with Crippen LogP contribution in [0.15, 0.2) is 0 Å². The zero-order chi connectivity index (χ0) is 15.2. The van der Waals surface area contributed by atoms with Crippen LogP contribution in [0, 0.1) is 22.7 Å². The highest BCUT2D eigenvalue weighted by Gasteiger charge is 2.12. The first kappa shape index (κ1) is 17.9. The van der Waals surface area contributed by atoms with Gasteiger partial charge in [-0.05, 0) is 6.92 Å². The first-order valence-electron chi connectivity index (χ1n) is 6.53. The summed E-state index contributed by atoms with van der Waals surface area (Å²) in [7, 11) is 0. The molecule has 0 saturated carbocycles. The fourth-order valence-electron chi connectivity index (χ4n) is 1.46. The number of amides is 1. The Morgan fingerprint density at radius 3 is 2.30 bits per heavy atom. The van der Waals surface area contributed by atoms with Gasteiger partial charge in [0.15, 0.2) is 0 Å². The summed E-state index contributed by atoms with van der Waals surface area (Å²) in [6.45, 7) is 3.14. The first-order valence-corrected chi connectivity index (χ1v) is 6.53. The van der Waals surface area contributed by atoms with Crippen LogP contribution in [0.5, 0.6) is 0 Å². The van der Waals surface area contributed by atoms with Crippen molar-refractivity contribution < 1.29 is 14.3 Å². The Morgan fingerprint density at radius 1 is 1.20 bits per heavy atom. The van der Waals surface area contributed by atoms with E-state index >= 15 is 0 Å². The Bertz CT molecular complexity index is 366. The highest BCUT2D eigenvalue weighted by Crippen LogP contribution is 1.95. The van der Waals surface area contributed by atoms with Gasteiger partial charge >= 0.3 is 5.97 Å². The van der Waals surface area contributed by atoms with Crippen molar-refractivity contribution in [3.8, 4) is 12.1 Å². The van der Waals surface area contributed by atoms with E-state index in [-0.39, 0.29) is 37.7 Å². The number of ether oxygens (including phenoxy) is 1. The van der Waals surface area contributed by atoms with Gasteiger partial charge in [-0.15, -0.1) is 0 Å². The quantitative estimate of drug-likeness (QED) is 0.452. The minimum Gasteiger partial charge on any atom is -0.466 e. The van der Waals surface area contributed by atoms with Crippen LogP contribution in [-0.2, 0) is 14.3 Å². The van der Waals surface area contributed by atoms with Gasteiger partial charge in [-0.25, -0.2) is 0 Å². The van der Waals surface area contributed by atoms with E-state index < -0.39 is 0 Å². The van der Waals surface area contributed by atoms with Crippen molar-refractivity contribution >= 4 is 11.9 Å². The average molecular weight is 280 g/mol. The second-order valence-electron chi connectivity index (χ2n) is 3.93. The zero-order valence-corrected chi connectivity index (χ0v) is 11.7. The topological polar surface area (TPSA) is 106 Å². The van der Waals surface area contributed by atoms with Gasteiger partial charge in [0.2, 0.25) is 5.91 Å².